The molecule has 0 amide bonds. The minimum atomic E-state index is 1.12. The van der Waals surface area contributed by atoms with E-state index in [-0.39, 0.29) is 0 Å². The van der Waals surface area contributed by atoms with Gasteiger partial charge in [0.05, 0.1) is 0 Å². The summed E-state index contributed by atoms with van der Waals surface area (Å²) in [7, 11) is 4.30. The van der Waals surface area contributed by atoms with E-state index in [0.29, 0.717) is 0 Å². The summed E-state index contributed by atoms with van der Waals surface area (Å²) in [6.45, 7) is 1.12. The summed E-state index contributed by atoms with van der Waals surface area (Å²) in [5, 5.41) is 11.2. The van der Waals surface area contributed by atoms with Gasteiger partial charge < -0.3 is 4.90 Å². The first-order valence-electron chi connectivity index (χ1n) is 9.46. The molecule has 0 aromatic heterocycles. The van der Waals surface area contributed by atoms with Crippen LogP contribution < -0.4 is 0 Å². The highest BCUT2D eigenvalue weighted by Crippen LogP contribution is 2.41. The number of hydrogen-bond donors (Lipinski definition) is 0. The molecule has 0 aliphatic rings. The average molecular weight is 337 g/mol. The van der Waals surface area contributed by atoms with Crippen molar-refractivity contribution in [1.29, 1.82) is 0 Å². The molecule has 0 bridgehead atoms. The molecule has 5 aromatic carbocycles. The normalized spacial score (nSPS) is 12.3. The quantitative estimate of drug-likeness (QED) is 0.277. The van der Waals surface area contributed by atoms with Crippen molar-refractivity contribution in [2.45, 2.75) is 12.8 Å². The first-order chi connectivity index (χ1) is 12.7. The fraction of sp³-hybridized carbons (Fsp3) is 0.200. The van der Waals surface area contributed by atoms with Crippen LogP contribution in [0.4, 0.5) is 0 Å². The molecule has 0 spiro atoms. The Morgan fingerprint density at radius 3 is 1.92 bits per heavy atom. The topological polar surface area (TPSA) is 3.24 Å². The van der Waals surface area contributed by atoms with E-state index in [1.54, 1.807) is 0 Å². The fourth-order valence-corrected chi connectivity index (χ4v) is 4.52. The van der Waals surface area contributed by atoms with Crippen molar-refractivity contribution in [3.05, 3.63) is 72.3 Å². The first kappa shape index (κ1) is 15.6. The van der Waals surface area contributed by atoms with Gasteiger partial charge in [-0.1, -0.05) is 66.7 Å². The van der Waals surface area contributed by atoms with E-state index in [1.165, 1.54) is 55.1 Å². The van der Waals surface area contributed by atoms with Gasteiger partial charge in [-0.15, -0.1) is 0 Å². The Balaban J connectivity index is 1.91. The second-order valence-electron chi connectivity index (χ2n) is 7.62. The van der Waals surface area contributed by atoms with Crippen LogP contribution in [-0.2, 0) is 6.42 Å². The highest BCUT2D eigenvalue weighted by Gasteiger charge is 2.14. The van der Waals surface area contributed by atoms with Crippen molar-refractivity contribution in [3.8, 4) is 0 Å². The third-order valence-corrected chi connectivity index (χ3v) is 5.65. The summed E-state index contributed by atoms with van der Waals surface area (Å²) in [5.74, 6) is 0. The van der Waals surface area contributed by atoms with E-state index in [1.807, 2.05) is 0 Å². The highest BCUT2D eigenvalue weighted by atomic mass is 15.0. The molecule has 0 aliphatic carbocycles. The lowest BCUT2D eigenvalue weighted by atomic mass is 9.87. The minimum absolute atomic E-state index is 1.12. The van der Waals surface area contributed by atoms with Crippen molar-refractivity contribution in [2.24, 2.45) is 0 Å². The molecule has 128 valence electrons. The Labute approximate surface area is 154 Å². The maximum absolute atomic E-state index is 2.35. The molecule has 0 fully saturated rings. The Bertz CT molecular complexity index is 1230. The van der Waals surface area contributed by atoms with E-state index in [2.05, 4.69) is 85.7 Å². The van der Waals surface area contributed by atoms with Gasteiger partial charge >= 0.3 is 0 Å². The SMILES string of the molecule is CN(C)CCCc1ccc2cccc3c4cccc5cccc(c1c23)c54. The van der Waals surface area contributed by atoms with Crippen molar-refractivity contribution < 1.29 is 0 Å². The van der Waals surface area contributed by atoms with Crippen LogP contribution in [0, 0.1) is 0 Å². The van der Waals surface area contributed by atoms with Crippen LogP contribution in [0.2, 0.25) is 0 Å². The fourth-order valence-electron chi connectivity index (χ4n) is 4.52. The van der Waals surface area contributed by atoms with Gasteiger partial charge in [0.25, 0.3) is 0 Å². The summed E-state index contributed by atoms with van der Waals surface area (Å²) in [6, 6.07) is 24.9. The van der Waals surface area contributed by atoms with Crippen LogP contribution in [0.3, 0.4) is 0 Å². The van der Waals surface area contributed by atoms with Crippen LogP contribution in [0.15, 0.2) is 66.7 Å². The molecule has 0 saturated heterocycles. The van der Waals surface area contributed by atoms with Gasteiger partial charge in [-0.2, -0.15) is 0 Å². The Morgan fingerprint density at radius 1 is 0.615 bits per heavy atom. The van der Waals surface area contributed by atoms with Gasteiger partial charge in [-0.3, -0.25) is 0 Å². The predicted molar refractivity (Wildman–Crippen MR) is 115 cm³/mol. The lowest BCUT2D eigenvalue weighted by Crippen LogP contribution is -2.13. The number of nitrogens with zero attached hydrogens (tertiary/aromatic N) is 1. The Morgan fingerprint density at radius 2 is 1.23 bits per heavy atom. The lowest BCUT2D eigenvalue weighted by molar-refractivity contribution is 0.400. The molecule has 0 N–H and O–H groups in total. The van der Waals surface area contributed by atoms with Crippen LogP contribution >= 0.6 is 0 Å². The summed E-state index contributed by atoms with van der Waals surface area (Å²) in [5.41, 5.74) is 1.48. The summed E-state index contributed by atoms with van der Waals surface area (Å²) < 4.78 is 0. The smallest absolute Gasteiger partial charge is 0.00217 e. The summed E-state index contributed by atoms with van der Waals surface area (Å²) >= 11 is 0. The van der Waals surface area contributed by atoms with Gasteiger partial charge in [0.1, 0.15) is 0 Å². The maximum Gasteiger partial charge on any atom is -0.00217 e. The van der Waals surface area contributed by atoms with Gasteiger partial charge in [0.2, 0.25) is 0 Å². The third-order valence-electron chi connectivity index (χ3n) is 5.65. The second-order valence-corrected chi connectivity index (χ2v) is 7.62. The van der Waals surface area contributed by atoms with Gasteiger partial charge in [-0.25, -0.2) is 0 Å². The molecule has 0 unspecified atom stereocenters. The maximum atomic E-state index is 2.35. The standard InChI is InChI=1S/C25H23N/c1-26(2)16-6-10-19-15-14-18-9-4-12-21-20-11-3-7-17-8-5-13-22(23(17)20)25(19)24(18)21/h3-5,7-9,11-15H,6,10,16H2,1-2H3. The first-order valence-corrected chi connectivity index (χ1v) is 9.46. The van der Waals surface area contributed by atoms with E-state index in [4.69, 9.17) is 0 Å². The van der Waals surface area contributed by atoms with Crippen LogP contribution in [-0.4, -0.2) is 25.5 Å². The molecule has 5 rings (SSSR count). The number of rotatable bonds is 4. The summed E-state index contributed by atoms with van der Waals surface area (Å²) in [4.78, 5) is 2.27. The molecular formula is C25H23N. The molecule has 0 saturated carbocycles. The van der Waals surface area contributed by atoms with Gasteiger partial charge in [0, 0.05) is 0 Å². The zero-order chi connectivity index (χ0) is 17.7. The predicted octanol–water partition coefficient (Wildman–Crippen LogP) is 6.23. The molecular weight excluding hydrogens is 314 g/mol. The molecule has 0 aliphatic heterocycles. The Hall–Kier alpha value is -2.64. The second kappa shape index (κ2) is 5.96. The third kappa shape index (κ3) is 2.28. The molecule has 5 aromatic rings. The molecule has 0 radical (unpaired) electrons. The molecule has 26 heavy (non-hydrogen) atoms. The highest BCUT2D eigenvalue weighted by molar-refractivity contribution is 6.33. The monoisotopic (exact) mass is 337 g/mol. The van der Waals surface area contributed by atoms with E-state index in [0.717, 1.165) is 13.0 Å². The number of aryl methyl sites for hydroxylation is 1. The molecule has 0 atom stereocenters. The van der Waals surface area contributed by atoms with E-state index in [9.17, 15) is 0 Å². The molecule has 0 heterocycles. The van der Waals surface area contributed by atoms with Gasteiger partial charge in [0.15, 0.2) is 0 Å². The number of fused-ring (bicyclic) bond motifs is 2. The van der Waals surface area contributed by atoms with Crippen molar-refractivity contribution in [1.82, 2.24) is 4.90 Å². The molecule has 1 heteroatoms. The summed E-state index contributed by atoms with van der Waals surface area (Å²) in [6.07, 6.45) is 2.31. The van der Waals surface area contributed by atoms with Crippen molar-refractivity contribution in [3.63, 3.8) is 0 Å². The number of hydrogen-bond acceptors (Lipinski definition) is 1. The minimum Gasteiger partial charge on any atom is -0.309 e. The largest absolute Gasteiger partial charge is 0.309 e. The lowest BCUT2D eigenvalue weighted by Gasteiger charge is -2.17. The zero-order valence-corrected chi connectivity index (χ0v) is 15.4. The van der Waals surface area contributed by atoms with Gasteiger partial charge in [-0.05, 0) is 82.1 Å². The average Bonchev–Trinajstić information content (AvgIpc) is 2.66. The van der Waals surface area contributed by atoms with E-state index >= 15 is 0 Å². The van der Waals surface area contributed by atoms with E-state index < -0.39 is 0 Å². The van der Waals surface area contributed by atoms with Crippen molar-refractivity contribution in [2.75, 3.05) is 20.6 Å². The number of benzene rings is 5. The van der Waals surface area contributed by atoms with Crippen molar-refractivity contribution >= 4 is 43.1 Å². The Kier molecular flexibility index (Phi) is 3.58. The van der Waals surface area contributed by atoms with Crippen LogP contribution in [0.25, 0.3) is 43.1 Å². The van der Waals surface area contributed by atoms with Crippen LogP contribution in [0.5, 0.6) is 0 Å². The zero-order valence-electron chi connectivity index (χ0n) is 15.4. The molecule has 1 nitrogen and oxygen atoms in total. The van der Waals surface area contributed by atoms with Crippen LogP contribution in [0.1, 0.15) is 12.0 Å².